The fourth-order valence-electron chi connectivity index (χ4n) is 1.01. The van der Waals surface area contributed by atoms with Gasteiger partial charge in [0.1, 0.15) is 0 Å². The third-order valence-corrected chi connectivity index (χ3v) is 3.36. The van der Waals surface area contributed by atoms with Gasteiger partial charge in [0.15, 0.2) is 0 Å². The number of hydrogen-bond donors (Lipinski definition) is 2. The minimum Gasteiger partial charge on any atom is -0.323 e. The maximum Gasteiger partial charge on any atom is 0.446 e. The fourth-order valence-corrected chi connectivity index (χ4v) is 2.53. The molecule has 0 aromatic heterocycles. The zero-order chi connectivity index (χ0) is 11.5. The zero-order valence-electron chi connectivity index (χ0n) is 7.76. The lowest BCUT2D eigenvalue weighted by Crippen LogP contribution is -2.09. The average Bonchev–Trinajstić information content (AvgIpc) is 2.16. The molecule has 2 nitrogen and oxygen atoms in total. The summed E-state index contributed by atoms with van der Waals surface area (Å²) in [6.45, 7) is 0. The van der Waals surface area contributed by atoms with Crippen molar-refractivity contribution in [2.24, 2.45) is 5.84 Å². The van der Waals surface area contributed by atoms with Crippen LogP contribution in [-0.2, 0) is 0 Å². The predicted octanol–water partition coefficient (Wildman–Crippen LogP) is 3.31. The smallest absolute Gasteiger partial charge is 0.323 e. The molecule has 3 N–H and O–H groups in total. The summed E-state index contributed by atoms with van der Waals surface area (Å²) in [5, 5.41) is 0. The number of benzene rings is 1. The lowest BCUT2D eigenvalue weighted by molar-refractivity contribution is -0.0328. The Morgan fingerprint density at radius 3 is 2.47 bits per heavy atom. The molecule has 0 bridgehead atoms. The Labute approximate surface area is 93.8 Å². The van der Waals surface area contributed by atoms with E-state index in [2.05, 4.69) is 5.43 Å². The van der Waals surface area contributed by atoms with Crippen molar-refractivity contribution in [3.63, 3.8) is 0 Å². The minimum atomic E-state index is -4.31. The number of nitrogens with two attached hydrogens (primary N) is 1. The maximum atomic E-state index is 12.3. The Bertz CT molecular complexity index is 319. The van der Waals surface area contributed by atoms with Gasteiger partial charge in [-0.1, -0.05) is 6.07 Å². The Kier molecular flexibility index (Phi) is 4.18. The number of thioether (sulfide) groups is 2. The summed E-state index contributed by atoms with van der Waals surface area (Å²) in [6, 6.07) is 4.79. The number of halogens is 3. The molecule has 0 unspecified atom stereocenters. The maximum absolute atomic E-state index is 12.3. The molecule has 0 atom stereocenters. The summed E-state index contributed by atoms with van der Waals surface area (Å²) >= 11 is 1.09. The molecule has 1 rings (SSSR count). The first-order valence-corrected chi connectivity index (χ1v) is 5.91. The molecule has 0 aliphatic carbocycles. The van der Waals surface area contributed by atoms with Crippen molar-refractivity contribution < 1.29 is 13.2 Å². The van der Waals surface area contributed by atoms with Gasteiger partial charge in [-0.3, -0.25) is 5.84 Å². The van der Waals surface area contributed by atoms with E-state index < -0.39 is 5.51 Å². The number of hydrazine groups is 1. The molecule has 0 heterocycles. The highest BCUT2D eigenvalue weighted by Crippen LogP contribution is 2.44. The molecule has 0 amide bonds. The van der Waals surface area contributed by atoms with Gasteiger partial charge in [-0.15, -0.1) is 11.8 Å². The van der Waals surface area contributed by atoms with Gasteiger partial charge < -0.3 is 5.43 Å². The molecule has 1 aromatic rings. The normalized spacial score (nSPS) is 11.5. The number of alkyl halides is 3. The van der Waals surface area contributed by atoms with Crippen molar-refractivity contribution in [3.05, 3.63) is 18.2 Å². The van der Waals surface area contributed by atoms with Crippen LogP contribution >= 0.6 is 23.5 Å². The lowest BCUT2D eigenvalue weighted by atomic mass is 10.3. The van der Waals surface area contributed by atoms with Crippen LogP contribution in [0.4, 0.5) is 18.9 Å². The van der Waals surface area contributed by atoms with Gasteiger partial charge in [0.2, 0.25) is 0 Å². The Balaban J connectivity index is 3.11. The van der Waals surface area contributed by atoms with Crippen LogP contribution in [0.15, 0.2) is 28.0 Å². The van der Waals surface area contributed by atoms with Crippen LogP contribution in [0.1, 0.15) is 0 Å². The Hall–Kier alpha value is -0.530. The van der Waals surface area contributed by atoms with Crippen LogP contribution in [0.2, 0.25) is 0 Å². The molecule has 15 heavy (non-hydrogen) atoms. The van der Waals surface area contributed by atoms with E-state index >= 15 is 0 Å². The molecule has 0 aliphatic heterocycles. The van der Waals surface area contributed by atoms with Crippen molar-refractivity contribution in [1.82, 2.24) is 0 Å². The predicted molar refractivity (Wildman–Crippen MR) is 57.9 cm³/mol. The Morgan fingerprint density at radius 1 is 1.33 bits per heavy atom. The van der Waals surface area contributed by atoms with E-state index in [-0.39, 0.29) is 22.3 Å². The SMILES string of the molecule is CSc1cccc(NN)c1SC(F)(F)F. The number of nitrogens with one attached hydrogen (secondary N) is 1. The van der Waals surface area contributed by atoms with Crippen molar-refractivity contribution in [2.75, 3.05) is 11.7 Å². The molecule has 0 saturated carbocycles. The van der Waals surface area contributed by atoms with Gasteiger partial charge in [0, 0.05) is 4.90 Å². The molecule has 0 aliphatic rings. The van der Waals surface area contributed by atoms with Crippen molar-refractivity contribution in [1.29, 1.82) is 0 Å². The minimum absolute atomic E-state index is 0.111. The van der Waals surface area contributed by atoms with Crippen LogP contribution in [-0.4, -0.2) is 11.8 Å². The van der Waals surface area contributed by atoms with Crippen molar-refractivity contribution in [2.45, 2.75) is 15.3 Å². The second-order valence-electron chi connectivity index (χ2n) is 2.53. The van der Waals surface area contributed by atoms with Crippen molar-refractivity contribution in [3.8, 4) is 0 Å². The summed E-state index contributed by atoms with van der Waals surface area (Å²) < 4.78 is 36.8. The molecule has 0 spiro atoms. The highest BCUT2D eigenvalue weighted by atomic mass is 32.2. The zero-order valence-corrected chi connectivity index (χ0v) is 9.39. The van der Waals surface area contributed by atoms with Gasteiger partial charge >= 0.3 is 5.51 Å². The van der Waals surface area contributed by atoms with Crippen LogP contribution in [0.5, 0.6) is 0 Å². The van der Waals surface area contributed by atoms with E-state index in [4.69, 9.17) is 5.84 Å². The summed E-state index contributed by atoms with van der Waals surface area (Å²) in [4.78, 5) is 0.660. The molecule has 7 heteroatoms. The Morgan fingerprint density at radius 2 is 2.00 bits per heavy atom. The van der Waals surface area contributed by atoms with E-state index in [1.54, 1.807) is 18.4 Å². The van der Waals surface area contributed by atoms with Gasteiger partial charge in [-0.2, -0.15) is 13.2 Å². The standard InChI is InChI=1S/C8H9F3N2S2/c1-14-6-4-2-3-5(13-12)7(6)15-8(9,10)11/h2-4,13H,12H2,1H3. The molecule has 0 fully saturated rings. The first-order valence-electron chi connectivity index (χ1n) is 3.87. The summed E-state index contributed by atoms with van der Waals surface area (Å²) in [7, 11) is 0. The number of hydrogen-bond acceptors (Lipinski definition) is 4. The average molecular weight is 254 g/mol. The second-order valence-corrected chi connectivity index (χ2v) is 4.45. The van der Waals surface area contributed by atoms with Gasteiger partial charge in [0.25, 0.3) is 0 Å². The van der Waals surface area contributed by atoms with Crippen molar-refractivity contribution >= 4 is 29.2 Å². The highest BCUT2D eigenvalue weighted by molar-refractivity contribution is 8.02. The molecule has 1 aromatic carbocycles. The van der Waals surface area contributed by atoms with Crippen LogP contribution in [0, 0.1) is 0 Å². The fraction of sp³-hybridized carbons (Fsp3) is 0.250. The summed E-state index contributed by atoms with van der Waals surface area (Å²) in [5.74, 6) is 5.15. The van der Waals surface area contributed by atoms with Gasteiger partial charge in [-0.25, -0.2) is 0 Å². The van der Waals surface area contributed by atoms with Crippen LogP contribution in [0.3, 0.4) is 0 Å². The van der Waals surface area contributed by atoms with E-state index in [1.165, 1.54) is 17.8 Å². The monoisotopic (exact) mass is 254 g/mol. The van der Waals surface area contributed by atoms with Crippen LogP contribution in [0.25, 0.3) is 0 Å². The van der Waals surface area contributed by atoms with E-state index in [0.717, 1.165) is 0 Å². The summed E-state index contributed by atoms with van der Waals surface area (Å²) in [5.41, 5.74) is -1.77. The number of anilines is 1. The van der Waals surface area contributed by atoms with E-state index in [0.29, 0.717) is 4.90 Å². The van der Waals surface area contributed by atoms with Crippen LogP contribution < -0.4 is 11.3 Å². The summed E-state index contributed by atoms with van der Waals surface area (Å²) in [6.07, 6.45) is 1.72. The quantitative estimate of drug-likeness (QED) is 0.493. The third-order valence-electron chi connectivity index (χ3n) is 1.57. The number of rotatable bonds is 3. The highest BCUT2D eigenvalue weighted by Gasteiger charge is 2.31. The van der Waals surface area contributed by atoms with E-state index in [1.807, 2.05) is 0 Å². The topological polar surface area (TPSA) is 38.0 Å². The largest absolute Gasteiger partial charge is 0.446 e. The first-order chi connectivity index (χ1) is 6.98. The molecular formula is C8H9F3N2S2. The molecule has 84 valence electrons. The van der Waals surface area contributed by atoms with Gasteiger partial charge in [-0.05, 0) is 30.2 Å². The second kappa shape index (κ2) is 5.00. The lowest BCUT2D eigenvalue weighted by Gasteiger charge is -2.13. The van der Waals surface area contributed by atoms with Gasteiger partial charge in [0.05, 0.1) is 10.6 Å². The molecular weight excluding hydrogens is 245 g/mol. The first kappa shape index (κ1) is 12.5. The molecule has 0 radical (unpaired) electrons. The number of nitrogen functional groups attached to an aromatic ring is 1. The molecule has 0 saturated heterocycles. The third kappa shape index (κ3) is 3.51. The van der Waals surface area contributed by atoms with E-state index in [9.17, 15) is 13.2 Å².